The summed E-state index contributed by atoms with van der Waals surface area (Å²) < 4.78 is 41.9. The van der Waals surface area contributed by atoms with Crippen molar-refractivity contribution in [1.29, 1.82) is 0 Å². The average Bonchev–Trinajstić information content (AvgIpc) is 3.39. The van der Waals surface area contributed by atoms with Crippen LogP contribution >= 0.6 is 0 Å². The Morgan fingerprint density at radius 2 is 1.73 bits per heavy atom. The summed E-state index contributed by atoms with van der Waals surface area (Å²) in [6, 6.07) is 10.5. The molecular formula is C27H26F3NO2. The van der Waals surface area contributed by atoms with E-state index in [9.17, 15) is 22.8 Å². The van der Waals surface area contributed by atoms with Gasteiger partial charge in [0.05, 0.1) is 11.1 Å². The summed E-state index contributed by atoms with van der Waals surface area (Å²) in [6.07, 6.45) is 1.70. The van der Waals surface area contributed by atoms with Crippen molar-refractivity contribution in [1.82, 2.24) is 0 Å². The highest BCUT2D eigenvalue weighted by molar-refractivity contribution is 6.28. The van der Waals surface area contributed by atoms with Gasteiger partial charge in [0.1, 0.15) is 0 Å². The number of rotatable bonds is 5. The number of hydrogen-bond acceptors (Lipinski definition) is 3. The number of aryl methyl sites for hydroxylation is 1. The zero-order valence-electron chi connectivity index (χ0n) is 18.5. The maximum Gasteiger partial charge on any atom is 0.416 e. The summed E-state index contributed by atoms with van der Waals surface area (Å²) in [4.78, 5) is 28.3. The topological polar surface area (TPSA) is 37.4 Å². The monoisotopic (exact) mass is 453 g/mol. The molecule has 0 unspecified atom stereocenters. The predicted molar refractivity (Wildman–Crippen MR) is 121 cm³/mol. The molecule has 3 aliphatic rings. The fraction of sp³-hybridized carbons (Fsp3) is 0.407. The van der Waals surface area contributed by atoms with Crippen LogP contribution in [0.4, 0.5) is 18.9 Å². The summed E-state index contributed by atoms with van der Waals surface area (Å²) >= 11 is 0. The Balaban J connectivity index is 1.44. The lowest BCUT2D eigenvalue weighted by molar-refractivity contribution is -0.138. The molecule has 0 N–H and O–H groups in total. The molecule has 172 valence electrons. The Morgan fingerprint density at radius 3 is 2.36 bits per heavy atom. The number of nitrogens with zero attached hydrogens (tertiary/aromatic N) is 1. The van der Waals surface area contributed by atoms with E-state index in [1.54, 1.807) is 12.1 Å². The minimum absolute atomic E-state index is 0.00168. The van der Waals surface area contributed by atoms with Gasteiger partial charge in [-0.15, -0.1) is 0 Å². The number of Topliss-reactive ketones (excluding diaryl/α,β-unsaturated/α-hetero) is 2. The highest BCUT2D eigenvalue weighted by atomic mass is 19.4. The number of anilines is 1. The molecule has 3 nitrogen and oxygen atoms in total. The van der Waals surface area contributed by atoms with Crippen LogP contribution in [0.5, 0.6) is 0 Å². The van der Waals surface area contributed by atoms with Crippen molar-refractivity contribution in [2.24, 2.45) is 0 Å². The second-order valence-electron chi connectivity index (χ2n) is 9.26. The van der Waals surface area contributed by atoms with Gasteiger partial charge in [0.25, 0.3) is 0 Å². The van der Waals surface area contributed by atoms with E-state index in [1.807, 2.05) is 25.1 Å². The van der Waals surface area contributed by atoms with Crippen LogP contribution in [0.15, 0.2) is 48.0 Å². The van der Waals surface area contributed by atoms with E-state index in [0.29, 0.717) is 36.2 Å². The first-order valence-electron chi connectivity index (χ1n) is 11.6. The van der Waals surface area contributed by atoms with E-state index >= 15 is 0 Å². The molecule has 6 heteroatoms. The van der Waals surface area contributed by atoms with Gasteiger partial charge >= 0.3 is 6.18 Å². The van der Waals surface area contributed by atoms with Gasteiger partial charge in [-0.2, -0.15) is 13.2 Å². The highest BCUT2D eigenvalue weighted by Gasteiger charge is 2.41. The minimum atomic E-state index is -4.57. The Morgan fingerprint density at radius 1 is 1.03 bits per heavy atom. The van der Waals surface area contributed by atoms with Gasteiger partial charge in [0, 0.05) is 29.8 Å². The summed E-state index contributed by atoms with van der Waals surface area (Å²) in [7, 11) is 0. The lowest BCUT2D eigenvalue weighted by atomic mass is 9.83. The normalized spacial score (nSPS) is 21.9. The maximum absolute atomic E-state index is 14.0. The van der Waals surface area contributed by atoms with Crippen LogP contribution in [-0.4, -0.2) is 23.7 Å². The third kappa shape index (κ3) is 3.79. The summed E-state index contributed by atoms with van der Waals surface area (Å²) in [5.41, 5.74) is 1.97. The quantitative estimate of drug-likeness (QED) is 0.531. The fourth-order valence-electron chi connectivity index (χ4n) is 5.84. The molecule has 0 radical (unpaired) electrons. The van der Waals surface area contributed by atoms with Crippen LogP contribution in [0.1, 0.15) is 65.2 Å². The average molecular weight is 454 g/mol. The van der Waals surface area contributed by atoms with E-state index in [0.717, 1.165) is 36.8 Å². The largest absolute Gasteiger partial charge is 0.416 e. The third-order valence-electron chi connectivity index (χ3n) is 7.42. The van der Waals surface area contributed by atoms with E-state index < -0.39 is 23.9 Å². The molecule has 0 amide bonds. The molecule has 2 aromatic carbocycles. The van der Waals surface area contributed by atoms with Crippen LogP contribution in [0.3, 0.4) is 0 Å². The van der Waals surface area contributed by atoms with Crippen LogP contribution in [-0.2, 0) is 30.2 Å². The van der Waals surface area contributed by atoms with Gasteiger partial charge in [0.2, 0.25) is 0 Å². The van der Waals surface area contributed by atoms with Gasteiger partial charge in [0.15, 0.2) is 11.6 Å². The number of halogens is 3. The van der Waals surface area contributed by atoms with E-state index in [-0.39, 0.29) is 16.9 Å². The molecule has 0 saturated carbocycles. The van der Waals surface area contributed by atoms with Crippen LogP contribution < -0.4 is 4.90 Å². The molecule has 33 heavy (non-hydrogen) atoms. The lowest BCUT2D eigenvalue weighted by Crippen LogP contribution is -2.28. The van der Waals surface area contributed by atoms with Crippen LogP contribution in [0, 0.1) is 0 Å². The minimum Gasteiger partial charge on any atom is -0.366 e. The SMILES string of the molecule is CCc1cccc2c1C(=O)C(C(=O)Cc1ccc(N3C4CCC3CC4)cc1C(F)(F)F)=CC2. The number of alkyl halides is 3. The van der Waals surface area contributed by atoms with Crippen LogP contribution in [0.25, 0.3) is 0 Å². The molecule has 1 aliphatic carbocycles. The Kier molecular flexibility index (Phi) is 5.42. The number of hydrogen-bond donors (Lipinski definition) is 0. The standard InChI is InChI=1S/C27H26F3NO2/c1-2-16-4-3-5-17-7-13-22(26(33)25(16)17)24(32)14-18-6-8-21(15-23(18)27(28,29)30)31-19-9-10-20(31)12-11-19/h3-6,8,13,15,19-20H,2,7,9-12,14H2,1H3. The van der Waals surface area contributed by atoms with Gasteiger partial charge < -0.3 is 4.90 Å². The molecule has 0 spiro atoms. The van der Waals surface area contributed by atoms with Crippen molar-refractivity contribution in [3.63, 3.8) is 0 Å². The van der Waals surface area contributed by atoms with Crippen LogP contribution in [0.2, 0.25) is 0 Å². The molecular weight excluding hydrogens is 427 g/mol. The summed E-state index contributed by atoms with van der Waals surface area (Å²) in [5, 5.41) is 0. The van der Waals surface area contributed by atoms with Crippen molar-refractivity contribution in [3.8, 4) is 0 Å². The number of fused-ring (bicyclic) bond motifs is 3. The molecule has 2 aliphatic heterocycles. The van der Waals surface area contributed by atoms with Crippen molar-refractivity contribution in [3.05, 3.63) is 75.9 Å². The first-order valence-corrected chi connectivity index (χ1v) is 11.6. The second-order valence-corrected chi connectivity index (χ2v) is 9.26. The highest BCUT2D eigenvalue weighted by Crippen LogP contribution is 2.43. The van der Waals surface area contributed by atoms with Gasteiger partial charge in [-0.25, -0.2) is 0 Å². The van der Waals surface area contributed by atoms with Gasteiger partial charge in [-0.1, -0.05) is 37.3 Å². The second kappa shape index (κ2) is 8.15. The summed E-state index contributed by atoms with van der Waals surface area (Å²) in [5.74, 6) is -0.937. The van der Waals surface area contributed by atoms with Crippen molar-refractivity contribution >= 4 is 17.3 Å². The number of carbonyl (C=O) groups is 2. The Labute approximate surface area is 191 Å². The van der Waals surface area contributed by atoms with Gasteiger partial charge in [-0.3, -0.25) is 9.59 Å². The molecule has 2 aromatic rings. The van der Waals surface area contributed by atoms with Crippen molar-refractivity contribution in [2.75, 3.05) is 4.90 Å². The zero-order valence-corrected chi connectivity index (χ0v) is 18.5. The molecule has 2 heterocycles. The van der Waals surface area contributed by atoms with Gasteiger partial charge in [-0.05, 0) is 67.3 Å². The number of ketones is 2. The van der Waals surface area contributed by atoms with Crippen molar-refractivity contribution in [2.45, 2.75) is 70.1 Å². The lowest BCUT2D eigenvalue weighted by Gasteiger charge is -2.26. The summed E-state index contributed by atoms with van der Waals surface area (Å²) in [6.45, 7) is 1.94. The van der Waals surface area contributed by atoms with E-state index in [4.69, 9.17) is 0 Å². The Bertz CT molecular complexity index is 1140. The molecule has 0 aromatic heterocycles. The third-order valence-corrected chi connectivity index (χ3v) is 7.42. The maximum atomic E-state index is 14.0. The molecule has 0 atom stereocenters. The number of carbonyl (C=O) groups excluding carboxylic acids is 2. The number of benzene rings is 2. The zero-order chi connectivity index (χ0) is 23.3. The smallest absolute Gasteiger partial charge is 0.366 e. The number of allylic oxidation sites excluding steroid dienone is 2. The molecule has 2 bridgehead atoms. The predicted octanol–water partition coefficient (Wildman–Crippen LogP) is 5.88. The molecule has 5 rings (SSSR count). The first kappa shape index (κ1) is 21.9. The first-order chi connectivity index (χ1) is 15.8. The van der Waals surface area contributed by atoms with E-state index in [1.165, 1.54) is 12.1 Å². The van der Waals surface area contributed by atoms with E-state index in [2.05, 4.69) is 4.90 Å². The Hall–Kier alpha value is -2.89. The fourth-order valence-corrected chi connectivity index (χ4v) is 5.84. The molecule has 2 fully saturated rings. The molecule has 2 saturated heterocycles. The van der Waals surface area contributed by atoms with Crippen molar-refractivity contribution < 1.29 is 22.8 Å².